The van der Waals surface area contributed by atoms with Crippen LogP contribution in [0, 0.1) is 15.9 Å². The van der Waals surface area contributed by atoms with Crippen molar-refractivity contribution >= 4 is 23.2 Å². The number of halogens is 2. The highest BCUT2D eigenvalue weighted by atomic mass is 35.5. The smallest absolute Gasteiger partial charge is 0.404 e. The molecule has 0 atom stereocenters. The summed E-state index contributed by atoms with van der Waals surface area (Å²) in [7, 11) is 0. The van der Waals surface area contributed by atoms with Gasteiger partial charge in [-0.15, -0.1) is 0 Å². The van der Waals surface area contributed by atoms with E-state index < -0.39 is 10.7 Å². The molecule has 0 saturated heterocycles. The van der Waals surface area contributed by atoms with Crippen molar-refractivity contribution in [3.63, 3.8) is 0 Å². The fraction of sp³-hybridized carbons (Fsp3) is 0.0909. The number of rotatable bonds is 4. The molecule has 94 valence electrons. The van der Waals surface area contributed by atoms with E-state index in [-0.39, 0.29) is 12.4 Å². The summed E-state index contributed by atoms with van der Waals surface area (Å²) < 4.78 is 17.9. The Morgan fingerprint density at radius 2 is 2.17 bits per heavy atom. The largest absolute Gasteiger partial charge is 0.433 e. The van der Waals surface area contributed by atoms with Crippen molar-refractivity contribution in [2.75, 3.05) is 5.32 Å². The normalized spacial score (nSPS) is 10.3. The van der Waals surface area contributed by atoms with Gasteiger partial charge in [0.2, 0.25) is 0 Å². The van der Waals surface area contributed by atoms with E-state index in [2.05, 4.69) is 5.32 Å². The number of hydrogen-bond donors (Lipinski definition) is 1. The lowest BCUT2D eigenvalue weighted by molar-refractivity contribution is -0.402. The summed E-state index contributed by atoms with van der Waals surface area (Å²) in [6, 6.07) is 6.62. The number of benzene rings is 1. The summed E-state index contributed by atoms with van der Waals surface area (Å²) in [4.78, 5) is 9.78. The van der Waals surface area contributed by atoms with Gasteiger partial charge in [0.15, 0.2) is 0 Å². The van der Waals surface area contributed by atoms with Gasteiger partial charge in [0, 0.05) is 0 Å². The quantitative estimate of drug-likeness (QED) is 0.681. The Morgan fingerprint density at radius 3 is 2.83 bits per heavy atom. The van der Waals surface area contributed by atoms with Crippen LogP contribution < -0.4 is 5.32 Å². The van der Waals surface area contributed by atoms with Crippen LogP contribution in [-0.2, 0) is 6.54 Å². The number of anilines is 1. The summed E-state index contributed by atoms with van der Waals surface area (Å²) in [6.45, 7) is 0.178. The molecule has 0 bridgehead atoms. The molecule has 1 N–H and O–H groups in total. The van der Waals surface area contributed by atoms with Gasteiger partial charge >= 0.3 is 5.88 Å². The maximum Gasteiger partial charge on any atom is 0.433 e. The molecule has 0 aliphatic carbocycles. The van der Waals surface area contributed by atoms with Gasteiger partial charge in [0.1, 0.15) is 16.5 Å². The summed E-state index contributed by atoms with van der Waals surface area (Å²) in [5.41, 5.74) is 0.399. The fourth-order valence-electron chi connectivity index (χ4n) is 1.38. The van der Waals surface area contributed by atoms with Gasteiger partial charge in [0.25, 0.3) is 0 Å². The molecule has 18 heavy (non-hydrogen) atoms. The Morgan fingerprint density at radius 1 is 1.39 bits per heavy atom. The minimum atomic E-state index is -0.626. The SMILES string of the molecule is O=[N+]([O-])c1ccc(CNc2cc(F)ccc2Cl)o1. The summed E-state index contributed by atoms with van der Waals surface area (Å²) >= 11 is 5.85. The second-order valence-corrected chi connectivity index (χ2v) is 3.88. The Balaban J connectivity index is 2.06. The zero-order valence-electron chi connectivity index (χ0n) is 9.02. The third-order valence-corrected chi connectivity index (χ3v) is 2.54. The van der Waals surface area contributed by atoms with Crippen molar-refractivity contribution in [2.24, 2.45) is 0 Å². The van der Waals surface area contributed by atoms with E-state index >= 15 is 0 Å². The lowest BCUT2D eigenvalue weighted by Gasteiger charge is -2.06. The van der Waals surface area contributed by atoms with E-state index in [4.69, 9.17) is 16.0 Å². The average molecular weight is 271 g/mol. The number of nitro groups is 1. The van der Waals surface area contributed by atoms with Gasteiger partial charge in [0.05, 0.1) is 23.3 Å². The van der Waals surface area contributed by atoms with Crippen molar-refractivity contribution < 1.29 is 13.7 Å². The van der Waals surface area contributed by atoms with Crippen LogP contribution in [0.25, 0.3) is 0 Å². The van der Waals surface area contributed by atoms with Gasteiger partial charge in [-0.05, 0) is 24.3 Å². The van der Waals surface area contributed by atoms with Crippen LogP contribution in [0.15, 0.2) is 34.7 Å². The maximum absolute atomic E-state index is 13.0. The molecule has 0 radical (unpaired) electrons. The highest BCUT2D eigenvalue weighted by Gasteiger charge is 2.11. The van der Waals surface area contributed by atoms with Gasteiger partial charge in [-0.1, -0.05) is 11.6 Å². The van der Waals surface area contributed by atoms with Crippen LogP contribution in [-0.4, -0.2) is 4.92 Å². The fourth-order valence-corrected chi connectivity index (χ4v) is 1.56. The molecule has 0 saturated carbocycles. The van der Waals surface area contributed by atoms with Crippen LogP contribution >= 0.6 is 11.6 Å². The number of nitrogens with zero attached hydrogens (tertiary/aromatic N) is 1. The van der Waals surface area contributed by atoms with Gasteiger partial charge in [-0.3, -0.25) is 10.1 Å². The van der Waals surface area contributed by atoms with Crippen molar-refractivity contribution in [3.8, 4) is 0 Å². The molecule has 0 spiro atoms. The molecule has 1 heterocycles. The van der Waals surface area contributed by atoms with Gasteiger partial charge in [-0.25, -0.2) is 4.39 Å². The third-order valence-electron chi connectivity index (χ3n) is 2.21. The molecule has 0 aliphatic rings. The molecule has 0 amide bonds. The molecule has 2 aromatic rings. The van der Waals surface area contributed by atoms with Crippen LogP contribution in [0.3, 0.4) is 0 Å². The Hall–Kier alpha value is -2.08. The molecular formula is C11H8ClFN2O3. The van der Waals surface area contributed by atoms with Crippen molar-refractivity contribution in [1.82, 2.24) is 0 Å². The molecule has 0 unspecified atom stereocenters. The van der Waals surface area contributed by atoms with Crippen LogP contribution in [0.2, 0.25) is 5.02 Å². The van der Waals surface area contributed by atoms with E-state index in [1.807, 2.05) is 0 Å². The zero-order chi connectivity index (χ0) is 13.1. The van der Waals surface area contributed by atoms with Crippen molar-refractivity contribution in [3.05, 3.63) is 57.0 Å². The second-order valence-electron chi connectivity index (χ2n) is 3.47. The van der Waals surface area contributed by atoms with Crippen LogP contribution in [0.1, 0.15) is 5.76 Å². The highest BCUT2D eigenvalue weighted by molar-refractivity contribution is 6.33. The molecular weight excluding hydrogens is 263 g/mol. The van der Waals surface area contributed by atoms with E-state index in [0.717, 1.165) is 0 Å². The standard InChI is InChI=1S/C11H8ClFN2O3/c12-9-3-1-7(13)5-10(9)14-6-8-2-4-11(18-8)15(16)17/h1-5,14H,6H2. The lowest BCUT2D eigenvalue weighted by atomic mass is 10.3. The van der Waals surface area contributed by atoms with Crippen molar-refractivity contribution in [2.45, 2.75) is 6.54 Å². The first-order valence-electron chi connectivity index (χ1n) is 4.98. The minimum absolute atomic E-state index is 0.178. The summed E-state index contributed by atoms with van der Waals surface area (Å²) in [6.07, 6.45) is 0. The lowest BCUT2D eigenvalue weighted by Crippen LogP contribution is -1.99. The zero-order valence-corrected chi connectivity index (χ0v) is 9.78. The Bertz CT molecular complexity index is 585. The molecule has 5 nitrogen and oxygen atoms in total. The van der Waals surface area contributed by atoms with Gasteiger partial charge in [-0.2, -0.15) is 0 Å². The molecule has 1 aromatic carbocycles. The summed E-state index contributed by atoms with van der Waals surface area (Å²) in [5.74, 6) is -0.397. The van der Waals surface area contributed by atoms with E-state index in [9.17, 15) is 14.5 Å². The molecule has 0 fully saturated rings. The van der Waals surface area contributed by atoms with E-state index in [1.54, 1.807) is 0 Å². The average Bonchev–Trinajstić information content (AvgIpc) is 2.79. The van der Waals surface area contributed by atoms with Crippen LogP contribution in [0.4, 0.5) is 16.0 Å². The van der Waals surface area contributed by atoms with E-state index in [0.29, 0.717) is 16.5 Å². The predicted octanol–water partition coefficient (Wildman–Crippen LogP) is 3.59. The minimum Gasteiger partial charge on any atom is -0.404 e. The second kappa shape index (κ2) is 5.05. The number of furan rings is 1. The topological polar surface area (TPSA) is 68.3 Å². The predicted molar refractivity (Wildman–Crippen MR) is 64.1 cm³/mol. The molecule has 1 aromatic heterocycles. The highest BCUT2D eigenvalue weighted by Crippen LogP contribution is 2.24. The monoisotopic (exact) mass is 270 g/mol. The van der Waals surface area contributed by atoms with Gasteiger partial charge < -0.3 is 9.73 Å². The van der Waals surface area contributed by atoms with E-state index in [1.165, 1.54) is 30.3 Å². The first kappa shape index (κ1) is 12.4. The first-order chi connectivity index (χ1) is 8.56. The number of hydrogen-bond acceptors (Lipinski definition) is 4. The molecule has 0 aliphatic heterocycles. The van der Waals surface area contributed by atoms with Crippen molar-refractivity contribution in [1.29, 1.82) is 0 Å². The van der Waals surface area contributed by atoms with Crippen LogP contribution in [0.5, 0.6) is 0 Å². The maximum atomic E-state index is 13.0. The molecule has 2 rings (SSSR count). The molecule has 7 heteroatoms. The number of nitrogens with one attached hydrogen (secondary N) is 1. The summed E-state index contributed by atoms with van der Waals surface area (Å²) in [5, 5.41) is 13.6. The third kappa shape index (κ3) is 2.78. The Kier molecular flexibility index (Phi) is 3.47. The first-order valence-corrected chi connectivity index (χ1v) is 5.36. The Labute approximate surface area is 106 Å².